The number of halogens is 1. The van der Waals surface area contributed by atoms with Gasteiger partial charge in [-0.1, -0.05) is 0 Å². The molecule has 0 radical (unpaired) electrons. The van der Waals surface area contributed by atoms with Crippen LogP contribution in [0.25, 0.3) is 0 Å². The molecule has 5 heteroatoms. The molecule has 4 nitrogen and oxygen atoms in total. The quantitative estimate of drug-likeness (QED) is 0.804. The summed E-state index contributed by atoms with van der Waals surface area (Å²) in [6.07, 6.45) is 0. The fraction of sp³-hybridized carbons (Fsp3) is 0.500. The summed E-state index contributed by atoms with van der Waals surface area (Å²) in [5.41, 5.74) is -0.0387. The van der Waals surface area contributed by atoms with Gasteiger partial charge >= 0.3 is 5.97 Å². The summed E-state index contributed by atoms with van der Waals surface area (Å²) in [7, 11) is 3.11. The molecule has 0 aliphatic carbocycles. The van der Waals surface area contributed by atoms with Crippen LogP contribution < -0.4 is 10.1 Å². The minimum Gasteiger partial charge on any atom is -0.492 e. The lowest BCUT2D eigenvalue weighted by atomic mass is 9.95. The molecule has 0 bridgehead atoms. The first kappa shape index (κ1) is 15.4. The highest BCUT2D eigenvalue weighted by Crippen LogP contribution is 2.24. The number of hydrogen-bond acceptors (Lipinski definition) is 4. The van der Waals surface area contributed by atoms with Gasteiger partial charge in [-0.05, 0) is 39.1 Å². The predicted octanol–water partition coefficient (Wildman–Crippen LogP) is 2.12. The SMILES string of the molecule is CNCc1cc(F)ccc1OCC(C)(C)C(=O)OC. The van der Waals surface area contributed by atoms with Crippen molar-refractivity contribution < 1.29 is 18.7 Å². The van der Waals surface area contributed by atoms with Gasteiger partial charge in [0, 0.05) is 12.1 Å². The molecule has 0 aliphatic heterocycles. The second-order valence-electron chi connectivity index (χ2n) is 4.95. The third-order valence-electron chi connectivity index (χ3n) is 2.72. The Morgan fingerprint density at radius 3 is 2.68 bits per heavy atom. The third-order valence-corrected chi connectivity index (χ3v) is 2.72. The van der Waals surface area contributed by atoms with E-state index in [4.69, 9.17) is 9.47 Å². The van der Waals surface area contributed by atoms with Crippen LogP contribution in [0.2, 0.25) is 0 Å². The molecular formula is C14H20FNO3. The number of esters is 1. The van der Waals surface area contributed by atoms with E-state index in [-0.39, 0.29) is 18.4 Å². The summed E-state index contributed by atoms with van der Waals surface area (Å²) < 4.78 is 23.5. The van der Waals surface area contributed by atoms with Gasteiger partial charge in [-0.25, -0.2) is 4.39 Å². The van der Waals surface area contributed by atoms with Gasteiger partial charge in [-0.15, -0.1) is 0 Å². The van der Waals surface area contributed by atoms with E-state index in [9.17, 15) is 9.18 Å². The molecule has 0 fully saturated rings. The van der Waals surface area contributed by atoms with Gasteiger partial charge in [0.05, 0.1) is 12.5 Å². The first-order chi connectivity index (χ1) is 8.90. The van der Waals surface area contributed by atoms with Crippen molar-refractivity contribution in [3.63, 3.8) is 0 Å². The van der Waals surface area contributed by atoms with Gasteiger partial charge in [-0.3, -0.25) is 4.79 Å². The van der Waals surface area contributed by atoms with E-state index in [1.165, 1.54) is 19.2 Å². The van der Waals surface area contributed by atoms with Crippen molar-refractivity contribution >= 4 is 5.97 Å². The largest absolute Gasteiger partial charge is 0.492 e. The van der Waals surface area contributed by atoms with Gasteiger partial charge < -0.3 is 14.8 Å². The van der Waals surface area contributed by atoms with Crippen LogP contribution in [-0.4, -0.2) is 26.7 Å². The molecule has 0 aromatic heterocycles. The molecule has 0 atom stereocenters. The van der Waals surface area contributed by atoms with Crippen LogP contribution in [0.15, 0.2) is 18.2 Å². The number of methoxy groups -OCH3 is 1. The number of carbonyl (C=O) groups excluding carboxylic acids is 1. The maximum absolute atomic E-state index is 13.2. The lowest BCUT2D eigenvalue weighted by Crippen LogP contribution is -2.32. The first-order valence-electron chi connectivity index (χ1n) is 6.05. The zero-order chi connectivity index (χ0) is 14.5. The number of benzene rings is 1. The second kappa shape index (κ2) is 6.52. The summed E-state index contributed by atoms with van der Waals surface area (Å²) in [5.74, 6) is -0.0951. The maximum Gasteiger partial charge on any atom is 0.314 e. The topological polar surface area (TPSA) is 47.6 Å². The van der Waals surface area contributed by atoms with Crippen molar-refractivity contribution in [3.05, 3.63) is 29.6 Å². The van der Waals surface area contributed by atoms with Gasteiger partial charge in [-0.2, -0.15) is 0 Å². The van der Waals surface area contributed by atoms with Crippen LogP contribution in [-0.2, 0) is 16.1 Å². The monoisotopic (exact) mass is 269 g/mol. The van der Waals surface area contributed by atoms with E-state index in [1.807, 2.05) is 0 Å². The molecule has 0 aliphatic rings. The van der Waals surface area contributed by atoms with E-state index in [0.717, 1.165) is 0 Å². The molecule has 0 unspecified atom stereocenters. The third kappa shape index (κ3) is 4.21. The minimum absolute atomic E-state index is 0.169. The Kier molecular flexibility index (Phi) is 5.30. The Balaban J connectivity index is 2.80. The van der Waals surface area contributed by atoms with E-state index < -0.39 is 5.41 Å². The zero-order valence-electron chi connectivity index (χ0n) is 11.7. The molecule has 1 aromatic carbocycles. The Morgan fingerprint density at radius 2 is 2.11 bits per heavy atom. The van der Waals surface area contributed by atoms with Crippen LogP contribution in [0.4, 0.5) is 4.39 Å². The molecule has 1 N–H and O–H groups in total. The minimum atomic E-state index is -0.750. The summed E-state index contributed by atoms with van der Waals surface area (Å²) >= 11 is 0. The van der Waals surface area contributed by atoms with Crippen LogP contribution in [0.1, 0.15) is 19.4 Å². The molecule has 0 saturated carbocycles. The number of hydrogen-bond donors (Lipinski definition) is 1. The van der Waals surface area contributed by atoms with Crippen molar-refractivity contribution in [1.29, 1.82) is 0 Å². The fourth-order valence-corrected chi connectivity index (χ4v) is 1.61. The summed E-state index contributed by atoms with van der Waals surface area (Å²) in [4.78, 5) is 11.5. The first-order valence-corrected chi connectivity index (χ1v) is 6.05. The predicted molar refractivity (Wildman–Crippen MR) is 70.5 cm³/mol. The fourth-order valence-electron chi connectivity index (χ4n) is 1.61. The lowest BCUT2D eigenvalue weighted by molar-refractivity contribution is -0.152. The highest BCUT2D eigenvalue weighted by molar-refractivity contribution is 5.75. The smallest absolute Gasteiger partial charge is 0.314 e. The molecule has 19 heavy (non-hydrogen) atoms. The Hall–Kier alpha value is -1.62. The molecule has 0 spiro atoms. The highest BCUT2D eigenvalue weighted by Gasteiger charge is 2.30. The molecule has 0 amide bonds. The van der Waals surface area contributed by atoms with E-state index in [2.05, 4.69) is 5.32 Å². The standard InChI is InChI=1S/C14H20FNO3/c1-14(2,13(17)18-4)9-19-12-6-5-11(15)7-10(12)8-16-3/h5-7,16H,8-9H2,1-4H3. The summed E-state index contributed by atoms with van der Waals surface area (Å²) in [6.45, 7) is 4.13. The number of ether oxygens (including phenoxy) is 2. The normalized spacial score (nSPS) is 11.2. The number of nitrogens with one attached hydrogen (secondary N) is 1. The average molecular weight is 269 g/mol. The van der Waals surface area contributed by atoms with Gasteiger partial charge in [0.25, 0.3) is 0 Å². The van der Waals surface area contributed by atoms with Crippen molar-refractivity contribution in [3.8, 4) is 5.75 Å². The van der Waals surface area contributed by atoms with Crippen molar-refractivity contribution in [2.24, 2.45) is 5.41 Å². The van der Waals surface area contributed by atoms with Gasteiger partial charge in [0.2, 0.25) is 0 Å². The molecular weight excluding hydrogens is 249 g/mol. The van der Waals surface area contributed by atoms with E-state index >= 15 is 0 Å². The molecule has 0 saturated heterocycles. The van der Waals surface area contributed by atoms with Crippen LogP contribution >= 0.6 is 0 Å². The molecule has 0 heterocycles. The number of carbonyl (C=O) groups is 1. The van der Waals surface area contributed by atoms with Crippen molar-refractivity contribution in [2.75, 3.05) is 20.8 Å². The van der Waals surface area contributed by atoms with Crippen molar-refractivity contribution in [2.45, 2.75) is 20.4 Å². The lowest BCUT2D eigenvalue weighted by Gasteiger charge is -2.22. The Morgan fingerprint density at radius 1 is 1.42 bits per heavy atom. The summed E-state index contributed by atoms with van der Waals surface area (Å²) in [6, 6.07) is 4.31. The number of rotatable bonds is 6. The molecule has 1 aromatic rings. The van der Waals surface area contributed by atoms with Crippen LogP contribution in [0.3, 0.4) is 0 Å². The zero-order valence-corrected chi connectivity index (χ0v) is 11.7. The second-order valence-corrected chi connectivity index (χ2v) is 4.95. The van der Waals surface area contributed by atoms with Gasteiger partial charge in [0.15, 0.2) is 0 Å². The van der Waals surface area contributed by atoms with Crippen molar-refractivity contribution in [1.82, 2.24) is 5.32 Å². The summed E-state index contributed by atoms with van der Waals surface area (Å²) in [5, 5.41) is 2.94. The highest BCUT2D eigenvalue weighted by atomic mass is 19.1. The van der Waals surface area contributed by atoms with Crippen LogP contribution in [0.5, 0.6) is 5.75 Å². The van der Waals surface area contributed by atoms with E-state index in [1.54, 1.807) is 27.0 Å². The molecule has 1 rings (SSSR count). The average Bonchev–Trinajstić information content (AvgIpc) is 2.37. The molecule has 106 valence electrons. The maximum atomic E-state index is 13.2. The van der Waals surface area contributed by atoms with Gasteiger partial charge in [0.1, 0.15) is 18.2 Å². The van der Waals surface area contributed by atoms with Crippen LogP contribution in [0, 0.1) is 11.2 Å². The Bertz CT molecular complexity index is 446. The Labute approximate surface area is 112 Å². The van der Waals surface area contributed by atoms with E-state index in [0.29, 0.717) is 17.9 Å².